The van der Waals surface area contributed by atoms with Crippen LogP contribution in [0.5, 0.6) is 0 Å². The SMILES string of the molecule is COC(=O)CCSc1cc(C(=O)N(C)C)ccc1N. The van der Waals surface area contributed by atoms with Crippen LogP contribution < -0.4 is 5.73 Å². The summed E-state index contributed by atoms with van der Waals surface area (Å²) in [6, 6.07) is 5.15. The highest BCUT2D eigenvalue weighted by Crippen LogP contribution is 2.27. The van der Waals surface area contributed by atoms with E-state index in [1.165, 1.54) is 23.8 Å². The lowest BCUT2D eigenvalue weighted by atomic mass is 10.2. The van der Waals surface area contributed by atoms with Crippen LogP contribution in [0.1, 0.15) is 16.8 Å². The van der Waals surface area contributed by atoms with Gasteiger partial charge in [-0.3, -0.25) is 9.59 Å². The Morgan fingerprint density at radius 3 is 2.63 bits per heavy atom. The molecule has 0 atom stereocenters. The Hall–Kier alpha value is -1.69. The lowest BCUT2D eigenvalue weighted by Crippen LogP contribution is -2.21. The zero-order chi connectivity index (χ0) is 14.4. The van der Waals surface area contributed by atoms with Crippen molar-refractivity contribution >= 4 is 29.3 Å². The van der Waals surface area contributed by atoms with Gasteiger partial charge in [-0.05, 0) is 18.2 Å². The van der Waals surface area contributed by atoms with Gasteiger partial charge in [-0.25, -0.2) is 0 Å². The Labute approximate surface area is 117 Å². The van der Waals surface area contributed by atoms with Gasteiger partial charge < -0.3 is 15.4 Å². The third-order valence-electron chi connectivity index (χ3n) is 2.46. The second-order valence-corrected chi connectivity index (χ2v) is 5.26. The summed E-state index contributed by atoms with van der Waals surface area (Å²) in [6.07, 6.45) is 0.312. The minimum atomic E-state index is -0.258. The molecule has 0 fully saturated rings. The molecule has 1 amide bonds. The van der Waals surface area contributed by atoms with Crippen molar-refractivity contribution in [1.82, 2.24) is 4.90 Å². The number of hydrogen-bond acceptors (Lipinski definition) is 5. The van der Waals surface area contributed by atoms with Gasteiger partial charge in [-0.2, -0.15) is 0 Å². The van der Waals surface area contributed by atoms with Gasteiger partial charge in [0.05, 0.1) is 13.5 Å². The fourth-order valence-corrected chi connectivity index (χ4v) is 2.33. The van der Waals surface area contributed by atoms with Gasteiger partial charge in [-0.15, -0.1) is 11.8 Å². The number of thioether (sulfide) groups is 1. The summed E-state index contributed by atoms with van der Waals surface area (Å²) in [6.45, 7) is 0. The van der Waals surface area contributed by atoms with Crippen molar-refractivity contribution in [2.45, 2.75) is 11.3 Å². The molecule has 2 N–H and O–H groups in total. The van der Waals surface area contributed by atoms with Gasteiger partial charge >= 0.3 is 5.97 Å². The van der Waals surface area contributed by atoms with Crippen LogP contribution >= 0.6 is 11.8 Å². The van der Waals surface area contributed by atoms with Gasteiger partial charge in [0, 0.05) is 36.0 Å². The maximum atomic E-state index is 11.8. The van der Waals surface area contributed by atoms with Crippen molar-refractivity contribution in [3.05, 3.63) is 23.8 Å². The second-order valence-electron chi connectivity index (χ2n) is 4.13. The minimum Gasteiger partial charge on any atom is -0.469 e. The molecule has 1 rings (SSSR count). The lowest BCUT2D eigenvalue weighted by molar-refractivity contribution is -0.140. The fraction of sp³-hybridized carbons (Fsp3) is 0.385. The number of methoxy groups -OCH3 is 1. The number of carbonyl (C=O) groups is 2. The fourth-order valence-electron chi connectivity index (χ4n) is 1.40. The van der Waals surface area contributed by atoms with E-state index in [2.05, 4.69) is 4.74 Å². The van der Waals surface area contributed by atoms with Crippen molar-refractivity contribution in [3.63, 3.8) is 0 Å². The average Bonchev–Trinajstić information content (AvgIpc) is 2.39. The first-order valence-electron chi connectivity index (χ1n) is 5.76. The normalized spacial score (nSPS) is 10.1. The third kappa shape index (κ3) is 4.48. The molecule has 5 nitrogen and oxygen atoms in total. The number of anilines is 1. The van der Waals surface area contributed by atoms with E-state index in [4.69, 9.17) is 5.73 Å². The number of ether oxygens (including phenoxy) is 1. The number of rotatable bonds is 5. The van der Waals surface area contributed by atoms with Crippen LogP contribution in [0, 0.1) is 0 Å². The maximum absolute atomic E-state index is 11.8. The molecule has 0 aliphatic heterocycles. The molecule has 0 saturated heterocycles. The van der Waals surface area contributed by atoms with E-state index in [-0.39, 0.29) is 11.9 Å². The molecule has 6 heteroatoms. The number of nitrogens with two attached hydrogens (primary N) is 1. The monoisotopic (exact) mass is 282 g/mol. The summed E-state index contributed by atoms with van der Waals surface area (Å²) in [5.74, 6) is 0.234. The third-order valence-corrected chi connectivity index (χ3v) is 3.53. The summed E-state index contributed by atoms with van der Waals surface area (Å²) in [4.78, 5) is 25.2. The predicted molar refractivity (Wildman–Crippen MR) is 76.2 cm³/mol. The first-order valence-corrected chi connectivity index (χ1v) is 6.75. The molecular weight excluding hydrogens is 264 g/mol. The van der Waals surface area contributed by atoms with Gasteiger partial charge in [0.15, 0.2) is 0 Å². The highest BCUT2D eigenvalue weighted by atomic mass is 32.2. The Morgan fingerprint density at radius 2 is 2.05 bits per heavy atom. The zero-order valence-corrected chi connectivity index (χ0v) is 12.1. The van der Waals surface area contributed by atoms with E-state index in [1.54, 1.807) is 32.3 Å². The van der Waals surface area contributed by atoms with Gasteiger partial charge in [0.2, 0.25) is 0 Å². The topological polar surface area (TPSA) is 72.6 Å². The van der Waals surface area contributed by atoms with E-state index in [9.17, 15) is 9.59 Å². The average molecular weight is 282 g/mol. The summed E-state index contributed by atoms with van der Waals surface area (Å²) >= 11 is 1.44. The van der Waals surface area contributed by atoms with Gasteiger partial charge in [0.25, 0.3) is 5.91 Å². The molecule has 1 aromatic carbocycles. The van der Waals surface area contributed by atoms with Crippen LogP contribution in [0.2, 0.25) is 0 Å². The standard InChI is InChI=1S/C13H18N2O3S/c1-15(2)13(17)9-4-5-10(14)11(8-9)19-7-6-12(16)18-3/h4-5,8H,6-7,14H2,1-3H3. The molecule has 0 bridgehead atoms. The molecule has 104 valence electrons. The molecule has 0 heterocycles. The summed E-state index contributed by atoms with van der Waals surface area (Å²) in [5.41, 5.74) is 7.04. The Bertz CT molecular complexity index is 475. The van der Waals surface area contributed by atoms with Crippen molar-refractivity contribution in [1.29, 1.82) is 0 Å². The number of benzene rings is 1. The Balaban J connectivity index is 2.75. The molecule has 0 unspecified atom stereocenters. The Kier molecular flexibility index (Phi) is 5.69. The first kappa shape index (κ1) is 15.4. The highest BCUT2D eigenvalue weighted by molar-refractivity contribution is 7.99. The van der Waals surface area contributed by atoms with Crippen LogP contribution in [0.4, 0.5) is 5.69 Å². The van der Waals surface area contributed by atoms with E-state index in [0.717, 1.165) is 4.90 Å². The van der Waals surface area contributed by atoms with Gasteiger partial charge in [0.1, 0.15) is 0 Å². The van der Waals surface area contributed by atoms with Crippen molar-refractivity contribution in [2.24, 2.45) is 0 Å². The first-order chi connectivity index (χ1) is 8.95. The number of amides is 1. The largest absolute Gasteiger partial charge is 0.469 e. The number of esters is 1. The highest BCUT2D eigenvalue weighted by Gasteiger charge is 2.11. The number of hydrogen-bond donors (Lipinski definition) is 1. The molecule has 0 aliphatic rings. The van der Waals surface area contributed by atoms with Crippen LogP contribution in [-0.4, -0.2) is 43.7 Å². The molecule has 19 heavy (non-hydrogen) atoms. The van der Waals surface area contributed by atoms with Crippen LogP contribution in [0.3, 0.4) is 0 Å². The Morgan fingerprint density at radius 1 is 1.37 bits per heavy atom. The van der Waals surface area contributed by atoms with E-state index >= 15 is 0 Å². The zero-order valence-electron chi connectivity index (χ0n) is 11.3. The number of nitrogens with zero attached hydrogens (tertiary/aromatic N) is 1. The lowest BCUT2D eigenvalue weighted by Gasteiger charge is -2.12. The molecular formula is C13H18N2O3S. The molecule has 0 spiro atoms. The predicted octanol–water partition coefficient (Wildman–Crippen LogP) is 1.63. The number of carbonyl (C=O) groups excluding carboxylic acids is 2. The van der Waals surface area contributed by atoms with Gasteiger partial charge in [-0.1, -0.05) is 0 Å². The molecule has 0 radical (unpaired) electrons. The summed E-state index contributed by atoms with van der Waals surface area (Å²) < 4.78 is 4.57. The van der Waals surface area contributed by atoms with Crippen molar-refractivity contribution in [3.8, 4) is 0 Å². The molecule has 1 aromatic rings. The van der Waals surface area contributed by atoms with E-state index < -0.39 is 0 Å². The number of nitrogen functional groups attached to an aromatic ring is 1. The van der Waals surface area contributed by atoms with Crippen LogP contribution in [0.15, 0.2) is 23.1 Å². The quantitative estimate of drug-likeness (QED) is 0.505. The smallest absolute Gasteiger partial charge is 0.306 e. The molecule has 0 aromatic heterocycles. The van der Waals surface area contributed by atoms with E-state index in [1.807, 2.05) is 0 Å². The summed E-state index contributed by atoms with van der Waals surface area (Å²) in [5, 5.41) is 0. The van der Waals surface area contributed by atoms with Crippen molar-refractivity contribution in [2.75, 3.05) is 32.7 Å². The molecule has 0 aliphatic carbocycles. The maximum Gasteiger partial charge on any atom is 0.306 e. The van der Waals surface area contributed by atoms with Crippen LogP contribution in [0.25, 0.3) is 0 Å². The van der Waals surface area contributed by atoms with Crippen molar-refractivity contribution < 1.29 is 14.3 Å². The summed E-state index contributed by atoms with van der Waals surface area (Å²) in [7, 11) is 4.75. The van der Waals surface area contributed by atoms with E-state index in [0.29, 0.717) is 23.4 Å². The molecule has 0 saturated carbocycles. The second kappa shape index (κ2) is 7.04. The van der Waals surface area contributed by atoms with Crippen LogP contribution in [-0.2, 0) is 9.53 Å². The minimum absolute atomic E-state index is 0.0742.